The van der Waals surface area contributed by atoms with Crippen molar-refractivity contribution in [2.75, 3.05) is 31.6 Å². The number of hydrogen-bond acceptors (Lipinski definition) is 5. The van der Waals surface area contributed by atoms with E-state index in [4.69, 9.17) is 4.74 Å². The third kappa shape index (κ3) is 4.62. The lowest BCUT2D eigenvalue weighted by molar-refractivity contribution is -0.116. The average molecular weight is 428 g/mol. The van der Waals surface area contributed by atoms with Crippen molar-refractivity contribution in [3.63, 3.8) is 0 Å². The molecule has 0 unspecified atom stereocenters. The number of amides is 1. The molecule has 29 heavy (non-hydrogen) atoms. The van der Waals surface area contributed by atoms with Gasteiger partial charge in [0.15, 0.2) is 0 Å². The normalized spacial score (nSPS) is 15.4. The number of aromatic nitrogens is 2. The lowest BCUT2D eigenvalue weighted by Gasteiger charge is -2.26. The number of carbonyl (C=O) groups excluding carboxylic acids is 1. The number of rotatable bonds is 6. The largest absolute Gasteiger partial charge is 0.379 e. The van der Waals surface area contributed by atoms with Crippen LogP contribution in [0.15, 0.2) is 23.1 Å². The number of nitrogens with one attached hydrogen (secondary N) is 1. The number of anilines is 1. The second-order valence-electron chi connectivity index (χ2n) is 6.66. The van der Waals surface area contributed by atoms with Gasteiger partial charge >= 0.3 is 0 Å². The van der Waals surface area contributed by atoms with Crippen molar-refractivity contribution < 1.29 is 26.7 Å². The maximum Gasteiger partial charge on any atom is 0.246 e. The molecule has 1 aromatic heterocycles. The third-order valence-corrected chi connectivity index (χ3v) is 6.79. The fourth-order valence-corrected chi connectivity index (χ4v) is 4.98. The maximum absolute atomic E-state index is 13.6. The lowest BCUT2D eigenvalue weighted by atomic mass is 10.3. The zero-order valence-corrected chi connectivity index (χ0v) is 16.9. The first-order valence-corrected chi connectivity index (χ1v) is 10.5. The van der Waals surface area contributed by atoms with Crippen LogP contribution in [0.2, 0.25) is 0 Å². The van der Waals surface area contributed by atoms with E-state index in [-0.39, 0.29) is 36.6 Å². The molecule has 2 aromatic rings. The number of aryl methyl sites for hydroxylation is 2. The predicted molar refractivity (Wildman–Crippen MR) is 101 cm³/mol. The Labute approximate surface area is 167 Å². The lowest BCUT2D eigenvalue weighted by Crippen LogP contribution is -2.41. The van der Waals surface area contributed by atoms with Gasteiger partial charge in [0.2, 0.25) is 15.9 Å². The summed E-state index contributed by atoms with van der Waals surface area (Å²) in [5.41, 5.74) is 0.647. The van der Waals surface area contributed by atoms with E-state index >= 15 is 0 Å². The summed E-state index contributed by atoms with van der Waals surface area (Å²) >= 11 is 0. The Morgan fingerprint density at radius 2 is 1.93 bits per heavy atom. The SMILES string of the molecule is Cc1nn(CCC(=O)Nc2ccc(F)cc2F)c(C)c1S(=O)(=O)N1CCOCC1. The van der Waals surface area contributed by atoms with Gasteiger partial charge in [-0.3, -0.25) is 9.48 Å². The summed E-state index contributed by atoms with van der Waals surface area (Å²) in [6.07, 6.45) is -0.0597. The molecule has 0 spiro atoms. The van der Waals surface area contributed by atoms with Crippen LogP contribution in [0.5, 0.6) is 0 Å². The van der Waals surface area contributed by atoms with Gasteiger partial charge in [-0.1, -0.05) is 0 Å². The van der Waals surface area contributed by atoms with E-state index in [2.05, 4.69) is 10.4 Å². The highest BCUT2D eigenvalue weighted by molar-refractivity contribution is 7.89. The van der Waals surface area contributed by atoms with Gasteiger partial charge in [0.1, 0.15) is 16.5 Å². The summed E-state index contributed by atoms with van der Waals surface area (Å²) in [5, 5.41) is 6.62. The van der Waals surface area contributed by atoms with Gasteiger partial charge in [-0.05, 0) is 26.0 Å². The van der Waals surface area contributed by atoms with Crippen LogP contribution in [0, 0.1) is 25.5 Å². The van der Waals surface area contributed by atoms with E-state index in [1.165, 1.54) is 8.99 Å². The second-order valence-corrected chi connectivity index (χ2v) is 8.54. The Kier molecular flexibility index (Phi) is 6.30. The minimum atomic E-state index is -3.72. The van der Waals surface area contributed by atoms with Crippen LogP contribution < -0.4 is 5.32 Å². The summed E-state index contributed by atoms with van der Waals surface area (Å²) in [5.74, 6) is -2.11. The van der Waals surface area contributed by atoms with E-state index in [9.17, 15) is 22.0 Å². The van der Waals surface area contributed by atoms with Crippen LogP contribution in [0.3, 0.4) is 0 Å². The molecule has 158 valence electrons. The Bertz CT molecular complexity index is 1020. The van der Waals surface area contributed by atoms with Crippen LogP contribution in [0.25, 0.3) is 0 Å². The molecule has 1 saturated heterocycles. The first-order valence-electron chi connectivity index (χ1n) is 9.07. The number of halogens is 2. The number of sulfonamides is 1. The highest BCUT2D eigenvalue weighted by Crippen LogP contribution is 2.24. The van der Waals surface area contributed by atoms with Gasteiger partial charge in [0.25, 0.3) is 0 Å². The number of ether oxygens (including phenoxy) is 1. The van der Waals surface area contributed by atoms with Gasteiger partial charge < -0.3 is 10.1 Å². The summed E-state index contributed by atoms with van der Waals surface area (Å²) in [4.78, 5) is 12.2. The van der Waals surface area contributed by atoms with E-state index in [1.54, 1.807) is 13.8 Å². The molecule has 1 aliphatic rings. The summed E-state index contributed by atoms with van der Waals surface area (Å²) in [7, 11) is -3.72. The van der Waals surface area contributed by atoms with E-state index in [1.807, 2.05) is 0 Å². The molecule has 11 heteroatoms. The molecule has 8 nitrogen and oxygen atoms in total. The van der Waals surface area contributed by atoms with Crippen molar-refractivity contribution in [3.05, 3.63) is 41.2 Å². The van der Waals surface area contributed by atoms with Crippen LogP contribution >= 0.6 is 0 Å². The summed E-state index contributed by atoms with van der Waals surface area (Å²) < 4.78 is 60.5. The molecule has 0 radical (unpaired) electrons. The molecular weight excluding hydrogens is 406 g/mol. The fourth-order valence-electron chi connectivity index (χ4n) is 3.20. The average Bonchev–Trinajstić information content (AvgIpc) is 2.97. The minimum absolute atomic E-state index is 0.0597. The Morgan fingerprint density at radius 1 is 1.24 bits per heavy atom. The van der Waals surface area contributed by atoms with Crippen LogP contribution in [0.1, 0.15) is 17.8 Å². The highest BCUT2D eigenvalue weighted by Gasteiger charge is 2.32. The maximum atomic E-state index is 13.6. The topological polar surface area (TPSA) is 93.5 Å². The monoisotopic (exact) mass is 428 g/mol. The molecule has 0 aliphatic carbocycles. The molecular formula is C18H22F2N4O4S. The second kappa shape index (κ2) is 8.56. The number of carbonyl (C=O) groups is 1. The molecule has 1 fully saturated rings. The molecule has 1 aliphatic heterocycles. The number of morpholine rings is 1. The van der Waals surface area contributed by atoms with Gasteiger partial charge in [-0.2, -0.15) is 9.40 Å². The van der Waals surface area contributed by atoms with Crippen molar-refractivity contribution in [3.8, 4) is 0 Å². The quantitative estimate of drug-likeness (QED) is 0.758. The van der Waals surface area contributed by atoms with Crippen molar-refractivity contribution >= 4 is 21.6 Å². The molecule has 0 saturated carbocycles. The molecule has 0 atom stereocenters. The fraction of sp³-hybridized carbons (Fsp3) is 0.444. The molecule has 1 amide bonds. The molecule has 1 aromatic carbocycles. The summed E-state index contributed by atoms with van der Waals surface area (Å²) in [6, 6.07) is 2.86. The smallest absolute Gasteiger partial charge is 0.246 e. The van der Waals surface area contributed by atoms with Crippen LogP contribution in [-0.2, 0) is 26.1 Å². The number of nitrogens with zero attached hydrogens (tertiary/aromatic N) is 3. The third-order valence-electron chi connectivity index (χ3n) is 4.64. The van der Waals surface area contributed by atoms with E-state index in [0.717, 1.165) is 12.1 Å². The first-order chi connectivity index (χ1) is 13.7. The van der Waals surface area contributed by atoms with E-state index < -0.39 is 27.6 Å². The van der Waals surface area contributed by atoms with Gasteiger partial charge in [-0.15, -0.1) is 0 Å². The Balaban J connectivity index is 1.70. The zero-order chi connectivity index (χ0) is 21.2. The van der Waals surface area contributed by atoms with Gasteiger partial charge in [-0.25, -0.2) is 17.2 Å². The molecule has 3 rings (SSSR count). The minimum Gasteiger partial charge on any atom is -0.379 e. The van der Waals surface area contributed by atoms with Crippen LogP contribution in [0.4, 0.5) is 14.5 Å². The van der Waals surface area contributed by atoms with Crippen molar-refractivity contribution in [1.29, 1.82) is 0 Å². The van der Waals surface area contributed by atoms with Crippen molar-refractivity contribution in [2.24, 2.45) is 0 Å². The zero-order valence-electron chi connectivity index (χ0n) is 16.1. The first kappa shape index (κ1) is 21.3. The number of benzene rings is 1. The van der Waals surface area contributed by atoms with Crippen molar-refractivity contribution in [2.45, 2.75) is 31.7 Å². The predicted octanol–water partition coefficient (Wildman–Crippen LogP) is 1.83. The standard InChI is InChI=1S/C18H22F2N4O4S/c1-12-18(29(26,27)23-7-9-28-10-8-23)13(2)24(22-12)6-5-17(25)21-16-4-3-14(19)11-15(16)20/h3-4,11H,5-10H2,1-2H3,(H,21,25). The van der Waals surface area contributed by atoms with Crippen LogP contribution in [-0.4, -0.2) is 54.7 Å². The Morgan fingerprint density at radius 3 is 2.59 bits per heavy atom. The molecule has 1 N–H and O–H groups in total. The molecule has 2 heterocycles. The Hall–Kier alpha value is -2.37. The van der Waals surface area contributed by atoms with Gasteiger partial charge in [0.05, 0.1) is 36.8 Å². The highest BCUT2D eigenvalue weighted by atomic mass is 32.2. The van der Waals surface area contributed by atoms with Gasteiger partial charge in [0, 0.05) is 25.6 Å². The summed E-state index contributed by atoms with van der Waals surface area (Å²) in [6.45, 7) is 4.57. The van der Waals surface area contributed by atoms with Crippen molar-refractivity contribution in [1.82, 2.24) is 14.1 Å². The molecule has 0 bridgehead atoms. The van der Waals surface area contributed by atoms with E-state index in [0.29, 0.717) is 30.7 Å². The number of hydrogen-bond donors (Lipinski definition) is 1.